The van der Waals surface area contributed by atoms with Gasteiger partial charge < -0.3 is 0 Å². The van der Waals surface area contributed by atoms with Gasteiger partial charge in [-0.3, -0.25) is 0 Å². The molecule has 0 spiro atoms. The molecule has 1 aliphatic heterocycles. The Hall–Kier alpha value is -2.44. The minimum atomic E-state index is 1.21. The summed E-state index contributed by atoms with van der Waals surface area (Å²) in [6.07, 6.45) is 4.14. The van der Waals surface area contributed by atoms with E-state index in [4.69, 9.17) is 0 Å². The van der Waals surface area contributed by atoms with Crippen LogP contribution in [0.5, 0.6) is 0 Å². The minimum Gasteiger partial charge on any atom is -0.0612 e. The Bertz CT molecular complexity index is 713. The van der Waals surface area contributed by atoms with Crippen LogP contribution in [0.15, 0.2) is 48.8 Å². The molecule has 0 saturated heterocycles. The standard InChI is InChI=1S/C19H20N2/c1-14-7-5-8-15(2)18(14)20-11-12-21(13-20)19-16(3)9-6-10-17(19)4/h5-12H,1-4H3/q+2. The molecule has 0 aliphatic carbocycles. The molecule has 2 aromatic rings. The van der Waals surface area contributed by atoms with Crippen molar-refractivity contribution in [2.45, 2.75) is 27.7 Å². The third-order valence-electron chi connectivity index (χ3n) is 3.94. The highest BCUT2D eigenvalue weighted by atomic mass is 15.1. The smallest absolute Gasteiger partial charge is 0.0612 e. The van der Waals surface area contributed by atoms with Gasteiger partial charge in [0.1, 0.15) is 0 Å². The number of hydrogen-bond donors (Lipinski definition) is 0. The zero-order valence-corrected chi connectivity index (χ0v) is 13.0. The van der Waals surface area contributed by atoms with Crippen LogP contribution in [0.2, 0.25) is 0 Å². The molecule has 2 aromatic carbocycles. The fourth-order valence-corrected chi connectivity index (χ4v) is 2.94. The maximum atomic E-state index is 3.44. The van der Waals surface area contributed by atoms with Crippen molar-refractivity contribution in [3.05, 3.63) is 71.1 Å². The lowest BCUT2D eigenvalue weighted by atomic mass is 10.1. The number of hydrogen-bond acceptors (Lipinski definition) is 0. The third kappa shape index (κ3) is 2.35. The lowest BCUT2D eigenvalue weighted by molar-refractivity contribution is -0.388. The molecule has 0 unspecified atom stereocenters. The van der Waals surface area contributed by atoms with E-state index in [0.717, 1.165) is 0 Å². The molecule has 0 radical (unpaired) electrons. The van der Waals surface area contributed by atoms with Crippen molar-refractivity contribution in [3.8, 4) is 0 Å². The maximum absolute atomic E-state index is 3.44. The number of aryl methyl sites for hydroxylation is 4. The van der Waals surface area contributed by atoms with E-state index in [1.54, 1.807) is 0 Å². The summed E-state index contributed by atoms with van der Waals surface area (Å²) in [5.74, 6) is 0. The fraction of sp³-hybridized carbons (Fsp3) is 0.211. The summed E-state index contributed by atoms with van der Waals surface area (Å²) in [7, 11) is 0. The van der Waals surface area contributed by atoms with Crippen molar-refractivity contribution < 1.29 is 9.15 Å². The molecular formula is C19H20N2+2. The first-order valence-corrected chi connectivity index (χ1v) is 7.23. The minimum absolute atomic E-state index is 1.21. The lowest BCUT2D eigenvalue weighted by Gasteiger charge is -1.99. The SMILES string of the molecule is Cc1cccc(C)c1[N+]1=C=[N+](c2c(C)cccc2C)C=C1. The first-order chi connectivity index (χ1) is 10.1. The van der Waals surface area contributed by atoms with E-state index < -0.39 is 0 Å². The number of nitrogens with zero attached hydrogens (tertiary/aromatic N) is 2. The second kappa shape index (κ2) is 5.16. The molecule has 3 rings (SSSR count). The Morgan fingerprint density at radius 1 is 0.619 bits per heavy atom. The van der Waals surface area contributed by atoms with Crippen LogP contribution in [-0.4, -0.2) is 15.2 Å². The van der Waals surface area contributed by atoms with Crippen molar-refractivity contribution in [3.63, 3.8) is 0 Å². The molecule has 1 heterocycles. The Kier molecular flexibility index (Phi) is 3.32. The molecular weight excluding hydrogens is 256 g/mol. The van der Waals surface area contributed by atoms with Gasteiger partial charge in [-0.05, 0) is 27.7 Å². The van der Waals surface area contributed by atoms with Gasteiger partial charge in [0.15, 0.2) is 0 Å². The van der Waals surface area contributed by atoms with Gasteiger partial charge in [-0.1, -0.05) is 45.5 Å². The third-order valence-corrected chi connectivity index (χ3v) is 3.94. The van der Waals surface area contributed by atoms with Crippen LogP contribution in [-0.2, 0) is 0 Å². The first kappa shape index (κ1) is 13.5. The van der Waals surface area contributed by atoms with E-state index in [9.17, 15) is 0 Å². The molecule has 21 heavy (non-hydrogen) atoms. The largest absolute Gasteiger partial charge is 0.501 e. The van der Waals surface area contributed by atoms with Crippen LogP contribution in [0.1, 0.15) is 22.3 Å². The molecule has 104 valence electrons. The summed E-state index contributed by atoms with van der Waals surface area (Å²) < 4.78 is 4.16. The average molecular weight is 276 g/mol. The van der Waals surface area contributed by atoms with Gasteiger partial charge in [-0.25, -0.2) is 0 Å². The van der Waals surface area contributed by atoms with Crippen LogP contribution >= 0.6 is 0 Å². The normalized spacial score (nSPS) is 13.3. The van der Waals surface area contributed by atoms with Gasteiger partial charge in [0.25, 0.3) is 12.4 Å². The van der Waals surface area contributed by atoms with Crippen LogP contribution in [0.4, 0.5) is 11.4 Å². The van der Waals surface area contributed by atoms with Crippen LogP contribution in [0.25, 0.3) is 0 Å². The molecule has 1 aliphatic rings. The van der Waals surface area contributed by atoms with E-state index in [1.165, 1.54) is 33.6 Å². The quantitative estimate of drug-likeness (QED) is 0.709. The van der Waals surface area contributed by atoms with E-state index in [1.807, 2.05) is 0 Å². The summed E-state index contributed by atoms with van der Waals surface area (Å²) in [5, 5.41) is 0. The van der Waals surface area contributed by atoms with Gasteiger partial charge in [-0.2, -0.15) is 0 Å². The molecule has 2 heteroatoms. The number of rotatable bonds is 2. The Balaban J connectivity index is 2.20. The maximum Gasteiger partial charge on any atom is 0.501 e. The number of benzene rings is 2. The lowest BCUT2D eigenvalue weighted by Crippen LogP contribution is -2.00. The van der Waals surface area contributed by atoms with E-state index in [0.29, 0.717) is 0 Å². The van der Waals surface area contributed by atoms with Gasteiger partial charge in [0.2, 0.25) is 11.4 Å². The molecule has 0 fully saturated rings. The van der Waals surface area contributed by atoms with Gasteiger partial charge >= 0.3 is 6.01 Å². The monoisotopic (exact) mass is 276 g/mol. The van der Waals surface area contributed by atoms with Gasteiger partial charge in [0.05, 0.1) is 0 Å². The van der Waals surface area contributed by atoms with Crippen molar-refractivity contribution >= 4 is 17.4 Å². The highest BCUT2D eigenvalue weighted by Crippen LogP contribution is 2.27. The predicted molar refractivity (Wildman–Crippen MR) is 85.8 cm³/mol. The molecule has 0 N–H and O–H groups in total. The summed E-state index contributed by atoms with van der Waals surface area (Å²) >= 11 is 0. The van der Waals surface area contributed by atoms with Crippen LogP contribution in [0.3, 0.4) is 0 Å². The molecule has 0 atom stereocenters. The average Bonchev–Trinajstić information content (AvgIpc) is 2.87. The predicted octanol–water partition coefficient (Wildman–Crippen LogP) is 4.57. The second-order valence-corrected chi connectivity index (χ2v) is 5.62. The van der Waals surface area contributed by atoms with Crippen LogP contribution in [0, 0.1) is 27.7 Å². The van der Waals surface area contributed by atoms with Crippen molar-refractivity contribution in [2.24, 2.45) is 0 Å². The Morgan fingerprint density at radius 2 is 0.952 bits per heavy atom. The molecule has 0 aromatic heterocycles. The summed E-state index contributed by atoms with van der Waals surface area (Å²) in [4.78, 5) is 0. The van der Waals surface area contributed by atoms with Gasteiger partial charge in [0, 0.05) is 22.3 Å². The fourth-order valence-electron chi connectivity index (χ4n) is 2.94. The van der Waals surface area contributed by atoms with Crippen molar-refractivity contribution in [1.29, 1.82) is 0 Å². The zero-order chi connectivity index (χ0) is 15.0. The highest BCUT2D eigenvalue weighted by molar-refractivity contribution is 5.53. The summed E-state index contributed by atoms with van der Waals surface area (Å²) in [5.41, 5.74) is 7.46. The van der Waals surface area contributed by atoms with E-state index in [2.05, 4.69) is 91.7 Å². The van der Waals surface area contributed by atoms with E-state index in [-0.39, 0.29) is 0 Å². The van der Waals surface area contributed by atoms with Crippen molar-refractivity contribution in [2.75, 3.05) is 0 Å². The first-order valence-electron chi connectivity index (χ1n) is 7.23. The molecule has 0 saturated carbocycles. The summed E-state index contributed by atoms with van der Waals surface area (Å²) in [6, 6.07) is 16.2. The Morgan fingerprint density at radius 3 is 1.29 bits per heavy atom. The second-order valence-electron chi connectivity index (χ2n) is 5.62. The zero-order valence-electron chi connectivity index (χ0n) is 13.0. The van der Waals surface area contributed by atoms with Gasteiger partial charge in [-0.15, -0.1) is 0 Å². The molecule has 2 nitrogen and oxygen atoms in total. The number of para-hydroxylation sites is 2. The summed E-state index contributed by atoms with van der Waals surface area (Å²) in [6.45, 7) is 8.55. The molecule has 0 amide bonds. The van der Waals surface area contributed by atoms with E-state index >= 15 is 0 Å². The highest BCUT2D eigenvalue weighted by Gasteiger charge is 2.26. The van der Waals surface area contributed by atoms with Crippen molar-refractivity contribution in [1.82, 2.24) is 0 Å². The van der Waals surface area contributed by atoms with Crippen LogP contribution < -0.4 is 0 Å². The Labute approximate surface area is 126 Å². The topological polar surface area (TPSA) is 6.02 Å². The molecule has 0 bridgehead atoms.